The van der Waals surface area contributed by atoms with Crippen LogP contribution in [0.1, 0.15) is 56.7 Å². The lowest BCUT2D eigenvalue weighted by Gasteiger charge is -2.34. The second-order valence-corrected chi connectivity index (χ2v) is 7.33. The van der Waals surface area contributed by atoms with E-state index < -0.39 is 0 Å². The maximum Gasteiger partial charge on any atom is 0.0812 e. The Hall–Kier alpha value is -0.760. The third kappa shape index (κ3) is 2.01. The van der Waals surface area contributed by atoms with Gasteiger partial charge < -0.3 is 9.67 Å². The number of rotatable bonds is 2. The van der Waals surface area contributed by atoms with E-state index in [0.29, 0.717) is 0 Å². The minimum Gasteiger partial charge on any atom is -0.388 e. The molecule has 100 valence electrons. The van der Waals surface area contributed by atoms with Crippen molar-refractivity contribution in [3.8, 4) is 0 Å². The van der Waals surface area contributed by atoms with Gasteiger partial charge in [0.25, 0.3) is 0 Å². The van der Waals surface area contributed by atoms with Crippen LogP contribution in [0.3, 0.4) is 0 Å². The standard InChI is InChI=1S/C16H25NO/c1-10-5-12(10)9-17-11(2)6-13-14(17)7-16(3,4)8-15(13)18/h6,10,12,15,18H,5,7-9H2,1-4H3. The second-order valence-electron chi connectivity index (χ2n) is 7.33. The average molecular weight is 247 g/mol. The van der Waals surface area contributed by atoms with Gasteiger partial charge in [-0.1, -0.05) is 20.8 Å². The van der Waals surface area contributed by atoms with E-state index in [-0.39, 0.29) is 11.5 Å². The monoisotopic (exact) mass is 247 g/mol. The van der Waals surface area contributed by atoms with Gasteiger partial charge in [-0.3, -0.25) is 0 Å². The summed E-state index contributed by atoms with van der Waals surface area (Å²) >= 11 is 0. The molecule has 3 rings (SSSR count). The quantitative estimate of drug-likeness (QED) is 0.850. The van der Waals surface area contributed by atoms with Crippen molar-refractivity contribution in [3.05, 3.63) is 23.0 Å². The zero-order valence-corrected chi connectivity index (χ0v) is 12.0. The Morgan fingerprint density at radius 1 is 1.44 bits per heavy atom. The van der Waals surface area contributed by atoms with Gasteiger partial charge in [0.2, 0.25) is 0 Å². The molecule has 0 spiro atoms. The van der Waals surface area contributed by atoms with E-state index in [1.54, 1.807) is 0 Å². The maximum absolute atomic E-state index is 10.3. The van der Waals surface area contributed by atoms with Gasteiger partial charge >= 0.3 is 0 Å². The van der Waals surface area contributed by atoms with E-state index in [2.05, 4.69) is 38.3 Å². The Labute approximate surface area is 110 Å². The minimum atomic E-state index is -0.264. The molecule has 0 radical (unpaired) electrons. The van der Waals surface area contributed by atoms with E-state index in [4.69, 9.17) is 0 Å². The molecule has 1 saturated carbocycles. The van der Waals surface area contributed by atoms with Crippen LogP contribution in [0.15, 0.2) is 6.07 Å². The van der Waals surface area contributed by atoms with Crippen LogP contribution in [0.4, 0.5) is 0 Å². The summed E-state index contributed by atoms with van der Waals surface area (Å²) in [5.74, 6) is 1.76. The summed E-state index contributed by atoms with van der Waals surface area (Å²) in [7, 11) is 0. The Kier molecular flexibility index (Phi) is 2.64. The summed E-state index contributed by atoms with van der Waals surface area (Å²) in [6.07, 6.45) is 3.11. The van der Waals surface area contributed by atoms with Crippen molar-refractivity contribution in [2.24, 2.45) is 17.3 Å². The van der Waals surface area contributed by atoms with Gasteiger partial charge in [0.05, 0.1) is 6.10 Å². The predicted octanol–water partition coefficient (Wildman–Crippen LogP) is 3.46. The fraction of sp³-hybridized carbons (Fsp3) is 0.750. The SMILES string of the molecule is Cc1cc2c(n1CC1CC1C)CC(C)(C)CC2O. The molecule has 2 heteroatoms. The van der Waals surface area contributed by atoms with Crippen LogP contribution < -0.4 is 0 Å². The molecule has 1 aromatic rings. The Bertz CT molecular complexity index is 472. The molecule has 0 aromatic carbocycles. The number of hydrogen-bond donors (Lipinski definition) is 1. The zero-order valence-electron chi connectivity index (χ0n) is 12.0. The minimum absolute atomic E-state index is 0.226. The third-order valence-electron chi connectivity index (χ3n) is 4.89. The van der Waals surface area contributed by atoms with Crippen LogP contribution in [-0.4, -0.2) is 9.67 Å². The van der Waals surface area contributed by atoms with Crippen LogP contribution in [0.25, 0.3) is 0 Å². The van der Waals surface area contributed by atoms with Gasteiger partial charge in [-0.2, -0.15) is 0 Å². The van der Waals surface area contributed by atoms with Gasteiger partial charge in [-0.15, -0.1) is 0 Å². The number of aryl methyl sites for hydroxylation is 1. The van der Waals surface area contributed by atoms with E-state index in [9.17, 15) is 5.11 Å². The van der Waals surface area contributed by atoms with Gasteiger partial charge in [0.15, 0.2) is 0 Å². The van der Waals surface area contributed by atoms with Crippen molar-refractivity contribution in [1.29, 1.82) is 0 Å². The van der Waals surface area contributed by atoms with E-state index in [1.807, 2.05) is 0 Å². The molecular formula is C16H25NO. The fourth-order valence-electron chi connectivity index (χ4n) is 3.54. The fourth-order valence-corrected chi connectivity index (χ4v) is 3.54. The zero-order chi connectivity index (χ0) is 13.1. The first-order valence-corrected chi connectivity index (χ1v) is 7.24. The lowest BCUT2D eigenvalue weighted by atomic mass is 9.75. The lowest BCUT2D eigenvalue weighted by molar-refractivity contribution is 0.0978. The van der Waals surface area contributed by atoms with Crippen LogP contribution in [0.2, 0.25) is 0 Å². The largest absolute Gasteiger partial charge is 0.388 e. The highest BCUT2D eigenvalue weighted by atomic mass is 16.3. The molecule has 0 aliphatic heterocycles. The molecule has 0 bridgehead atoms. The summed E-state index contributed by atoms with van der Waals surface area (Å²) in [5.41, 5.74) is 4.15. The third-order valence-corrected chi connectivity index (χ3v) is 4.89. The van der Waals surface area contributed by atoms with Gasteiger partial charge in [-0.05, 0) is 49.5 Å². The summed E-state index contributed by atoms with van der Waals surface area (Å²) in [5, 5.41) is 10.3. The van der Waals surface area contributed by atoms with Crippen molar-refractivity contribution in [2.45, 2.75) is 59.6 Å². The summed E-state index contributed by atoms with van der Waals surface area (Å²) in [6, 6.07) is 2.21. The van der Waals surface area contributed by atoms with Crippen molar-refractivity contribution >= 4 is 0 Å². The average Bonchev–Trinajstić information content (AvgIpc) is 2.84. The molecule has 1 aromatic heterocycles. The van der Waals surface area contributed by atoms with Gasteiger partial charge in [-0.25, -0.2) is 0 Å². The molecule has 3 unspecified atom stereocenters. The number of aromatic nitrogens is 1. The molecule has 2 aliphatic carbocycles. The number of hydrogen-bond acceptors (Lipinski definition) is 1. The molecule has 18 heavy (non-hydrogen) atoms. The smallest absolute Gasteiger partial charge is 0.0812 e. The molecule has 0 saturated heterocycles. The first-order valence-electron chi connectivity index (χ1n) is 7.24. The molecule has 2 aliphatic rings. The highest BCUT2D eigenvalue weighted by molar-refractivity contribution is 5.33. The number of nitrogens with zero attached hydrogens (tertiary/aromatic N) is 1. The summed E-state index contributed by atoms with van der Waals surface area (Å²) in [4.78, 5) is 0. The summed E-state index contributed by atoms with van der Waals surface area (Å²) < 4.78 is 2.48. The molecular weight excluding hydrogens is 222 g/mol. The Morgan fingerprint density at radius 2 is 2.11 bits per heavy atom. The van der Waals surface area contributed by atoms with Crippen LogP contribution in [0, 0.1) is 24.2 Å². The highest BCUT2D eigenvalue weighted by Gasteiger charge is 2.37. The first-order chi connectivity index (χ1) is 8.37. The molecule has 3 atom stereocenters. The van der Waals surface area contributed by atoms with Crippen molar-refractivity contribution in [1.82, 2.24) is 4.57 Å². The number of aliphatic hydroxyl groups is 1. The van der Waals surface area contributed by atoms with E-state index >= 15 is 0 Å². The van der Waals surface area contributed by atoms with Crippen LogP contribution in [0.5, 0.6) is 0 Å². The first kappa shape index (κ1) is 12.3. The van der Waals surface area contributed by atoms with Gasteiger partial charge in [0.1, 0.15) is 0 Å². The maximum atomic E-state index is 10.3. The Balaban J connectivity index is 1.95. The van der Waals surface area contributed by atoms with Gasteiger partial charge in [0, 0.05) is 23.5 Å². The normalized spacial score (nSPS) is 33.3. The molecule has 0 amide bonds. The van der Waals surface area contributed by atoms with Crippen LogP contribution >= 0.6 is 0 Å². The molecule has 1 fully saturated rings. The highest BCUT2D eigenvalue weighted by Crippen LogP contribution is 2.44. The second kappa shape index (κ2) is 3.86. The topological polar surface area (TPSA) is 25.2 Å². The number of aliphatic hydroxyl groups excluding tert-OH is 1. The van der Waals surface area contributed by atoms with E-state index in [0.717, 1.165) is 31.2 Å². The van der Waals surface area contributed by atoms with E-state index in [1.165, 1.54) is 23.4 Å². The molecule has 1 N–H and O–H groups in total. The van der Waals surface area contributed by atoms with Crippen molar-refractivity contribution < 1.29 is 5.11 Å². The van der Waals surface area contributed by atoms with Crippen molar-refractivity contribution in [3.63, 3.8) is 0 Å². The van der Waals surface area contributed by atoms with Crippen molar-refractivity contribution in [2.75, 3.05) is 0 Å². The predicted molar refractivity (Wildman–Crippen MR) is 73.5 cm³/mol. The van der Waals surface area contributed by atoms with Crippen LogP contribution in [-0.2, 0) is 13.0 Å². The number of fused-ring (bicyclic) bond motifs is 1. The molecule has 1 heterocycles. The molecule has 2 nitrogen and oxygen atoms in total. The lowest BCUT2D eigenvalue weighted by Crippen LogP contribution is -2.27. The Morgan fingerprint density at radius 3 is 2.72 bits per heavy atom. The summed E-state index contributed by atoms with van der Waals surface area (Å²) in [6.45, 7) is 10.2.